The molecule has 1 aliphatic carbocycles. The number of allylic oxidation sites excluding steroid dienone is 1. The third kappa shape index (κ3) is 4.89. The average molecular weight is 535 g/mol. The molecule has 3 aromatic rings. The molecule has 188 valence electrons. The first-order valence-corrected chi connectivity index (χ1v) is 12.4. The van der Waals surface area contributed by atoms with Crippen molar-refractivity contribution in [2.75, 3.05) is 20.2 Å². The molecule has 1 amide bonds. The summed E-state index contributed by atoms with van der Waals surface area (Å²) in [5, 5.41) is 17.8. The van der Waals surface area contributed by atoms with Crippen molar-refractivity contribution in [3.63, 3.8) is 0 Å². The molecule has 0 unspecified atom stereocenters. The highest BCUT2D eigenvalue weighted by Crippen LogP contribution is 2.47. The summed E-state index contributed by atoms with van der Waals surface area (Å²) in [4.78, 5) is 19.4. The molecular weight excluding hydrogens is 513 g/mol. The second kappa shape index (κ2) is 9.24. The van der Waals surface area contributed by atoms with Crippen molar-refractivity contribution in [1.29, 1.82) is 0 Å². The number of hydrogen-bond donors (Lipinski definition) is 2. The Hall–Kier alpha value is -2.82. The Morgan fingerprint density at radius 1 is 1.25 bits per heavy atom. The monoisotopic (exact) mass is 534 g/mol. The number of alkyl halides is 3. The molecule has 0 saturated heterocycles. The molecule has 36 heavy (non-hydrogen) atoms. The molecule has 0 atom stereocenters. The van der Waals surface area contributed by atoms with Crippen LogP contribution in [0.3, 0.4) is 0 Å². The first-order valence-electron chi connectivity index (χ1n) is 11.2. The quantitative estimate of drug-likeness (QED) is 0.407. The van der Waals surface area contributed by atoms with E-state index in [2.05, 4.69) is 15.2 Å². The van der Waals surface area contributed by atoms with Gasteiger partial charge in [0.15, 0.2) is 5.17 Å². The molecule has 1 aromatic heterocycles. The fourth-order valence-electron chi connectivity index (χ4n) is 4.36. The van der Waals surface area contributed by atoms with Crippen molar-refractivity contribution < 1.29 is 23.1 Å². The van der Waals surface area contributed by atoms with E-state index in [-0.39, 0.29) is 33.9 Å². The van der Waals surface area contributed by atoms with Crippen LogP contribution in [-0.4, -0.2) is 51.5 Å². The topological polar surface area (TPSA) is 81.6 Å². The van der Waals surface area contributed by atoms with Gasteiger partial charge in [-0.2, -0.15) is 23.3 Å². The Kier molecular flexibility index (Phi) is 6.38. The molecule has 2 aliphatic rings. The lowest BCUT2D eigenvalue weighted by Crippen LogP contribution is -2.31. The van der Waals surface area contributed by atoms with Crippen LogP contribution >= 0.6 is 23.4 Å². The van der Waals surface area contributed by atoms with Gasteiger partial charge in [-0.1, -0.05) is 23.7 Å². The molecule has 2 N–H and O–H groups in total. The lowest BCUT2D eigenvalue weighted by Gasteiger charge is -2.23. The third-order valence-corrected chi connectivity index (χ3v) is 8.03. The smallest absolute Gasteiger partial charge is 0.396 e. The summed E-state index contributed by atoms with van der Waals surface area (Å²) in [5.74, 6) is -0.500. The van der Waals surface area contributed by atoms with Gasteiger partial charge < -0.3 is 10.0 Å². The van der Waals surface area contributed by atoms with Gasteiger partial charge in [0.05, 0.1) is 28.8 Å². The van der Waals surface area contributed by atoms with Gasteiger partial charge in [0.1, 0.15) is 0 Å². The van der Waals surface area contributed by atoms with E-state index in [0.29, 0.717) is 22.8 Å². The Morgan fingerprint density at radius 3 is 2.72 bits per heavy atom. The van der Waals surface area contributed by atoms with Crippen molar-refractivity contribution in [2.45, 2.75) is 25.4 Å². The second-order valence-electron chi connectivity index (χ2n) is 9.27. The summed E-state index contributed by atoms with van der Waals surface area (Å²) in [6.07, 6.45) is -1.34. The number of halogens is 4. The highest BCUT2D eigenvalue weighted by molar-refractivity contribution is 8.18. The Bertz CT molecular complexity index is 1410. The maximum atomic E-state index is 13.9. The van der Waals surface area contributed by atoms with Gasteiger partial charge in [-0.05, 0) is 72.0 Å². The van der Waals surface area contributed by atoms with Gasteiger partial charge >= 0.3 is 6.18 Å². The van der Waals surface area contributed by atoms with Crippen LogP contribution in [0.2, 0.25) is 5.02 Å². The summed E-state index contributed by atoms with van der Waals surface area (Å²) >= 11 is 7.03. The molecule has 6 nitrogen and oxygen atoms in total. The average Bonchev–Trinajstić information content (AvgIpc) is 3.26. The first-order chi connectivity index (χ1) is 17.1. The molecular formula is C25H22ClF3N4O2S. The Balaban J connectivity index is 1.56. The predicted octanol–water partition coefficient (Wildman–Crippen LogP) is 5.52. The molecule has 2 heterocycles. The number of amidine groups is 1. The van der Waals surface area contributed by atoms with Crippen LogP contribution in [0, 0.1) is 5.41 Å². The minimum atomic E-state index is -4.61. The zero-order chi connectivity index (χ0) is 25.7. The number of aromatic nitrogens is 2. The highest BCUT2D eigenvalue weighted by atomic mass is 35.5. The van der Waals surface area contributed by atoms with E-state index in [1.54, 1.807) is 31.4 Å². The maximum Gasteiger partial charge on any atom is 0.416 e. The van der Waals surface area contributed by atoms with Gasteiger partial charge in [0.25, 0.3) is 5.91 Å². The van der Waals surface area contributed by atoms with Gasteiger partial charge in [-0.25, -0.2) is 0 Å². The number of H-pyrrole nitrogens is 1. The summed E-state index contributed by atoms with van der Waals surface area (Å²) in [6, 6.07) is 9.00. The number of rotatable bonds is 6. The molecule has 11 heteroatoms. The SMILES string of the molecule is CN(CC1(CO)CC1)C1=NC(=O)C(=C(Cc2ccc(Cl)cc2C(F)(F)F)c2ccc3[nH]ncc3c2)S1. The number of carbonyl (C=O) groups is 1. The summed E-state index contributed by atoms with van der Waals surface area (Å²) in [6.45, 7) is 0.598. The number of nitrogens with one attached hydrogen (secondary N) is 1. The van der Waals surface area contributed by atoms with Gasteiger partial charge in [-0.3, -0.25) is 9.89 Å². The molecule has 0 bridgehead atoms. The van der Waals surface area contributed by atoms with Crippen LogP contribution in [0.5, 0.6) is 0 Å². The zero-order valence-electron chi connectivity index (χ0n) is 19.2. The molecule has 1 fully saturated rings. The fraction of sp³-hybridized carbons (Fsp3) is 0.320. The second-order valence-corrected chi connectivity index (χ2v) is 10.7. The van der Waals surface area contributed by atoms with Crippen molar-refractivity contribution >= 4 is 50.9 Å². The maximum absolute atomic E-state index is 13.9. The largest absolute Gasteiger partial charge is 0.416 e. The minimum Gasteiger partial charge on any atom is -0.396 e. The number of hydrogen-bond acceptors (Lipinski definition) is 5. The lowest BCUT2D eigenvalue weighted by atomic mass is 9.93. The van der Waals surface area contributed by atoms with Gasteiger partial charge in [-0.15, -0.1) is 0 Å². The predicted molar refractivity (Wildman–Crippen MR) is 135 cm³/mol. The van der Waals surface area contributed by atoms with Crippen molar-refractivity contribution in [3.8, 4) is 0 Å². The van der Waals surface area contributed by atoms with Crippen LogP contribution in [0.4, 0.5) is 13.2 Å². The lowest BCUT2D eigenvalue weighted by molar-refractivity contribution is -0.138. The third-order valence-electron chi connectivity index (χ3n) is 6.58. The van der Waals surface area contributed by atoms with Crippen molar-refractivity contribution in [2.24, 2.45) is 10.4 Å². The Labute approximate surface area is 214 Å². The van der Waals surface area contributed by atoms with Gasteiger partial charge in [0.2, 0.25) is 0 Å². The number of nitrogens with zero attached hydrogens (tertiary/aromatic N) is 3. The van der Waals surface area contributed by atoms with E-state index in [9.17, 15) is 23.1 Å². The number of thioether (sulfide) groups is 1. The zero-order valence-corrected chi connectivity index (χ0v) is 20.8. The number of aromatic amines is 1. The number of amides is 1. The van der Waals surface area contributed by atoms with E-state index >= 15 is 0 Å². The number of aliphatic hydroxyl groups excluding tert-OH is 1. The molecule has 2 aromatic carbocycles. The molecule has 0 radical (unpaired) electrons. The molecule has 1 saturated carbocycles. The van der Waals surface area contributed by atoms with Crippen LogP contribution in [-0.2, 0) is 17.4 Å². The van der Waals surface area contributed by atoms with Crippen LogP contribution < -0.4 is 0 Å². The number of fused-ring (bicyclic) bond motifs is 1. The standard InChI is InChI=1S/C25H22ClF3N4O2S/c1-33(12-24(13-34)6-7-24)23-31-22(35)21(36-23)18(14-3-5-20-16(8-14)11-30-32-20)9-15-2-4-17(26)10-19(15)25(27,28)29/h2-5,8,10-11,34H,6-7,9,12-13H2,1H3,(H,30,32). The summed E-state index contributed by atoms with van der Waals surface area (Å²) < 4.78 is 41.6. The van der Waals surface area contributed by atoms with Crippen molar-refractivity contribution in [3.05, 3.63) is 69.2 Å². The number of aliphatic hydroxyl groups is 1. The molecule has 5 rings (SSSR count). The Morgan fingerprint density at radius 2 is 2.03 bits per heavy atom. The van der Waals surface area contributed by atoms with E-state index in [1.807, 2.05) is 4.90 Å². The number of carbonyl (C=O) groups excluding carboxylic acids is 1. The number of benzene rings is 2. The normalized spacial score (nSPS) is 18.5. The van der Waals surface area contributed by atoms with E-state index in [1.165, 1.54) is 12.1 Å². The summed E-state index contributed by atoms with van der Waals surface area (Å²) in [5.41, 5.74) is 0.797. The fourth-order valence-corrected chi connectivity index (χ4v) is 5.51. The minimum absolute atomic E-state index is 0.00843. The van der Waals surface area contributed by atoms with Crippen LogP contribution in [0.15, 0.2) is 52.5 Å². The molecule has 0 spiro atoms. The van der Waals surface area contributed by atoms with Crippen LogP contribution in [0.25, 0.3) is 16.5 Å². The van der Waals surface area contributed by atoms with Gasteiger partial charge in [0, 0.05) is 29.4 Å². The van der Waals surface area contributed by atoms with E-state index in [0.717, 1.165) is 41.6 Å². The van der Waals surface area contributed by atoms with E-state index in [4.69, 9.17) is 11.6 Å². The summed E-state index contributed by atoms with van der Waals surface area (Å²) in [7, 11) is 1.80. The highest BCUT2D eigenvalue weighted by Gasteiger charge is 2.44. The number of aliphatic imine (C=N–C) groups is 1. The van der Waals surface area contributed by atoms with Crippen LogP contribution in [0.1, 0.15) is 29.5 Å². The molecule has 1 aliphatic heterocycles. The first kappa shape index (κ1) is 24.9. The van der Waals surface area contributed by atoms with Crippen molar-refractivity contribution in [1.82, 2.24) is 15.1 Å². The van der Waals surface area contributed by atoms with E-state index < -0.39 is 17.6 Å².